The molecule has 0 radical (unpaired) electrons. The van der Waals surface area contributed by atoms with Crippen molar-refractivity contribution in [3.8, 4) is 0 Å². The molecular weight excluding hydrogens is 412 g/mol. The molecule has 166 valence electrons. The summed E-state index contributed by atoms with van der Waals surface area (Å²) in [6.07, 6.45) is -1.05. The van der Waals surface area contributed by atoms with Crippen molar-refractivity contribution in [1.29, 1.82) is 0 Å². The van der Waals surface area contributed by atoms with Crippen molar-refractivity contribution in [1.82, 2.24) is 16.0 Å². The molecule has 5 unspecified atom stereocenters. The lowest BCUT2D eigenvalue weighted by atomic mass is 10.1. The summed E-state index contributed by atoms with van der Waals surface area (Å²) in [6.45, 7) is 2.56. The van der Waals surface area contributed by atoms with E-state index in [0.717, 1.165) is 5.56 Å². The van der Waals surface area contributed by atoms with Gasteiger partial charge in [0.1, 0.15) is 12.1 Å². The van der Waals surface area contributed by atoms with Crippen LogP contribution in [0.3, 0.4) is 0 Å². The maximum absolute atomic E-state index is 12.4. The summed E-state index contributed by atoms with van der Waals surface area (Å²) >= 11 is 4.05. The summed E-state index contributed by atoms with van der Waals surface area (Å²) in [5.41, 5.74) is 6.77. The molecule has 0 aliphatic carbocycles. The lowest BCUT2D eigenvalue weighted by molar-refractivity contribution is -0.145. The standard InChI is InChI=1S/C19H28N4O6S/c1-10(16(25)23-15(11(2)24)19(28)29)21-18(27)14(9-30)22-17(26)13(20)8-12-6-4-3-5-7-12/h3-7,10-11,13-15,24,30H,8-9,20H2,1-2H3,(H,21,27)(H,22,26)(H,23,25)(H,28,29). The molecule has 0 aliphatic rings. The number of carboxylic acid groups (broad SMARTS) is 1. The van der Waals surface area contributed by atoms with Crippen LogP contribution in [0.15, 0.2) is 30.3 Å². The van der Waals surface area contributed by atoms with E-state index < -0.39 is 54.0 Å². The van der Waals surface area contributed by atoms with Crippen LogP contribution in [0.1, 0.15) is 19.4 Å². The number of carbonyl (C=O) groups excluding carboxylic acids is 3. The van der Waals surface area contributed by atoms with Crippen LogP contribution in [0.25, 0.3) is 0 Å². The highest BCUT2D eigenvalue weighted by Crippen LogP contribution is 2.03. The van der Waals surface area contributed by atoms with Crippen LogP contribution in [0, 0.1) is 0 Å². The molecule has 0 bridgehead atoms. The lowest BCUT2D eigenvalue weighted by Crippen LogP contribution is -2.58. The van der Waals surface area contributed by atoms with Gasteiger partial charge in [0.2, 0.25) is 17.7 Å². The quantitative estimate of drug-likeness (QED) is 0.204. The van der Waals surface area contributed by atoms with Gasteiger partial charge in [-0.3, -0.25) is 14.4 Å². The van der Waals surface area contributed by atoms with E-state index in [1.807, 2.05) is 30.3 Å². The Labute approximate surface area is 180 Å². The molecule has 3 amide bonds. The molecule has 5 atom stereocenters. The van der Waals surface area contributed by atoms with Crippen molar-refractivity contribution in [2.24, 2.45) is 5.73 Å². The maximum atomic E-state index is 12.4. The van der Waals surface area contributed by atoms with Crippen LogP contribution >= 0.6 is 12.6 Å². The first-order chi connectivity index (χ1) is 14.1. The van der Waals surface area contributed by atoms with Gasteiger partial charge >= 0.3 is 5.97 Å². The number of nitrogens with one attached hydrogen (secondary N) is 3. The average Bonchev–Trinajstić information content (AvgIpc) is 2.69. The summed E-state index contributed by atoms with van der Waals surface area (Å²) < 4.78 is 0. The monoisotopic (exact) mass is 440 g/mol. The van der Waals surface area contributed by atoms with E-state index in [2.05, 4.69) is 28.6 Å². The molecule has 1 rings (SSSR count). The molecule has 10 nitrogen and oxygen atoms in total. The Morgan fingerprint density at radius 1 is 1.00 bits per heavy atom. The third-order valence-electron chi connectivity index (χ3n) is 4.25. The van der Waals surface area contributed by atoms with Gasteiger partial charge in [0.25, 0.3) is 0 Å². The smallest absolute Gasteiger partial charge is 0.328 e. The Kier molecular flexibility index (Phi) is 10.3. The molecule has 0 aromatic heterocycles. The Morgan fingerprint density at radius 2 is 1.60 bits per heavy atom. The van der Waals surface area contributed by atoms with Crippen LogP contribution in [0.2, 0.25) is 0 Å². The molecule has 0 spiro atoms. The fourth-order valence-electron chi connectivity index (χ4n) is 2.48. The summed E-state index contributed by atoms with van der Waals surface area (Å²) in [6, 6.07) is 4.57. The van der Waals surface area contributed by atoms with Gasteiger partial charge in [0.05, 0.1) is 12.1 Å². The zero-order valence-electron chi connectivity index (χ0n) is 16.7. The highest BCUT2D eigenvalue weighted by Gasteiger charge is 2.29. The van der Waals surface area contributed by atoms with Gasteiger partial charge in [-0.25, -0.2) is 4.79 Å². The highest BCUT2D eigenvalue weighted by atomic mass is 32.1. The summed E-state index contributed by atoms with van der Waals surface area (Å²) in [5.74, 6) is -3.50. The number of carbonyl (C=O) groups is 4. The number of aliphatic carboxylic acids is 1. The van der Waals surface area contributed by atoms with E-state index >= 15 is 0 Å². The van der Waals surface area contributed by atoms with E-state index in [1.54, 1.807) is 0 Å². The number of amides is 3. The molecular formula is C19H28N4O6S. The highest BCUT2D eigenvalue weighted by molar-refractivity contribution is 7.80. The Morgan fingerprint density at radius 3 is 2.10 bits per heavy atom. The van der Waals surface area contributed by atoms with Crippen LogP contribution in [0.4, 0.5) is 0 Å². The number of thiol groups is 1. The molecule has 30 heavy (non-hydrogen) atoms. The molecule has 0 fully saturated rings. The number of rotatable bonds is 11. The van der Waals surface area contributed by atoms with Gasteiger partial charge in [-0.2, -0.15) is 12.6 Å². The van der Waals surface area contributed by atoms with E-state index in [0.29, 0.717) is 0 Å². The van der Waals surface area contributed by atoms with Crippen molar-refractivity contribution in [2.75, 3.05) is 5.75 Å². The molecule has 0 aliphatic heterocycles. The molecule has 1 aromatic rings. The van der Waals surface area contributed by atoms with Gasteiger partial charge in [0, 0.05) is 5.75 Å². The van der Waals surface area contributed by atoms with Crippen molar-refractivity contribution in [3.63, 3.8) is 0 Å². The number of benzene rings is 1. The topological polar surface area (TPSA) is 171 Å². The van der Waals surface area contributed by atoms with E-state index in [-0.39, 0.29) is 12.2 Å². The van der Waals surface area contributed by atoms with Crippen molar-refractivity contribution in [2.45, 2.75) is 50.5 Å². The van der Waals surface area contributed by atoms with E-state index in [9.17, 15) is 24.3 Å². The number of aliphatic hydroxyl groups excluding tert-OH is 1. The molecule has 11 heteroatoms. The summed E-state index contributed by atoms with van der Waals surface area (Å²) in [5, 5.41) is 25.4. The van der Waals surface area contributed by atoms with E-state index in [1.165, 1.54) is 13.8 Å². The van der Waals surface area contributed by atoms with Gasteiger partial charge in [-0.05, 0) is 25.8 Å². The predicted molar refractivity (Wildman–Crippen MR) is 113 cm³/mol. The minimum atomic E-state index is -1.52. The van der Waals surface area contributed by atoms with Crippen LogP contribution < -0.4 is 21.7 Å². The first-order valence-corrected chi connectivity index (χ1v) is 9.92. The van der Waals surface area contributed by atoms with Crippen LogP contribution in [-0.4, -0.2) is 69.9 Å². The number of carboxylic acids is 1. The van der Waals surface area contributed by atoms with Crippen LogP contribution in [-0.2, 0) is 25.6 Å². The molecule has 0 heterocycles. The van der Waals surface area contributed by atoms with Crippen molar-refractivity contribution >= 4 is 36.3 Å². The molecule has 1 aromatic carbocycles. The summed E-state index contributed by atoms with van der Waals surface area (Å²) in [7, 11) is 0. The third kappa shape index (κ3) is 8.01. The minimum Gasteiger partial charge on any atom is -0.480 e. The lowest BCUT2D eigenvalue weighted by Gasteiger charge is -2.23. The fraction of sp³-hybridized carbons (Fsp3) is 0.474. The van der Waals surface area contributed by atoms with E-state index in [4.69, 9.17) is 10.8 Å². The van der Waals surface area contributed by atoms with Crippen molar-refractivity contribution in [3.05, 3.63) is 35.9 Å². The largest absolute Gasteiger partial charge is 0.480 e. The Hall–Kier alpha value is -2.63. The second-order valence-corrected chi connectivity index (χ2v) is 7.20. The Balaban J connectivity index is 2.63. The van der Waals surface area contributed by atoms with Crippen LogP contribution in [0.5, 0.6) is 0 Å². The molecule has 7 N–H and O–H groups in total. The number of hydrogen-bond acceptors (Lipinski definition) is 7. The van der Waals surface area contributed by atoms with Gasteiger partial charge in [-0.1, -0.05) is 30.3 Å². The SMILES string of the molecule is CC(NC(=O)C(CS)NC(=O)C(N)Cc1ccccc1)C(=O)NC(C(=O)O)C(C)O. The fourth-order valence-corrected chi connectivity index (χ4v) is 2.74. The second kappa shape index (κ2) is 12.2. The number of hydrogen-bond donors (Lipinski definition) is 7. The second-order valence-electron chi connectivity index (χ2n) is 6.84. The minimum absolute atomic E-state index is 0.0462. The zero-order chi connectivity index (χ0) is 22.8. The average molecular weight is 441 g/mol. The predicted octanol–water partition coefficient (Wildman–Crippen LogP) is -1.57. The molecule has 0 saturated heterocycles. The summed E-state index contributed by atoms with van der Waals surface area (Å²) in [4.78, 5) is 47.9. The normalized spacial score (nSPS) is 15.8. The Bertz CT molecular complexity index is 746. The van der Waals surface area contributed by atoms with Gasteiger partial charge in [0.15, 0.2) is 6.04 Å². The first-order valence-electron chi connectivity index (χ1n) is 9.29. The molecule has 0 saturated carbocycles. The van der Waals surface area contributed by atoms with Gasteiger partial charge < -0.3 is 31.9 Å². The van der Waals surface area contributed by atoms with Gasteiger partial charge in [-0.15, -0.1) is 0 Å². The zero-order valence-corrected chi connectivity index (χ0v) is 17.6. The first kappa shape index (κ1) is 25.4. The number of nitrogens with two attached hydrogens (primary N) is 1. The third-order valence-corrected chi connectivity index (χ3v) is 4.61. The number of aliphatic hydroxyl groups is 1. The maximum Gasteiger partial charge on any atom is 0.328 e. The van der Waals surface area contributed by atoms with Crippen molar-refractivity contribution < 1.29 is 29.4 Å².